The lowest BCUT2D eigenvalue weighted by molar-refractivity contribution is 0.0361. The van der Waals surface area contributed by atoms with Crippen LogP contribution in [0.15, 0.2) is 42.6 Å². The Bertz CT molecular complexity index is 658. The first-order valence-corrected chi connectivity index (χ1v) is 7.72. The molecule has 1 aliphatic heterocycles. The van der Waals surface area contributed by atoms with Gasteiger partial charge in [-0.2, -0.15) is 5.10 Å². The topological polar surface area (TPSA) is 38.1 Å². The van der Waals surface area contributed by atoms with Crippen molar-refractivity contribution in [2.45, 2.75) is 37.6 Å². The minimum atomic E-state index is 0.0990. The van der Waals surface area contributed by atoms with E-state index in [1.807, 2.05) is 42.6 Å². The number of benzene rings is 1. The molecule has 0 bridgehead atoms. The number of likely N-dealkylation sites (tertiary alicyclic amines) is 1. The van der Waals surface area contributed by atoms with E-state index in [4.69, 9.17) is 0 Å². The Morgan fingerprint density at radius 2 is 1.81 bits per heavy atom. The first-order chi connectivity index (χ1) is 10.3. The van der Waals surface area contributed by atoms with Crippen LogP contribution in [-0.2, 0) is 0 Å². The molecule has 0 radical (unpaired) electrons. The van der Waals surface area contributed by atoms with Crippen LogP contribution in [0.4, 0.5) is 0 Å². The summed E-state index contributed by atoms with van der Waals surface area (Å²) in [6.45, 7) is 0.886. The molecule has 1 amide bonds. The highest BCUT2D eigenvalue weighted by Crippen LogP contribution is 2.45. The Morgan fingerprint density at radius 3 is 2.52 bits per heavy atom. The zero-order valence-electron chi connectivity index (χ0n) is 12.0. The summed E-state index contributed by atoms with van der Waals surface area (Å²) in [7, 11) is 0. The zero-order chi connectivity index (χ0) is 14.3. The Balaban J connectivity index is 1.60. The number of hydrogen-bond acceptors (Lipinski definition) is 2. The number of amides is 1. The van der Waals surface area contributed by atoms with Gasteiger partial charge in [-0.25, -0.2) is 4.68 Å². The van der Waals surface area contributed by atoms with Crippen LogP contribution in [0.5, 0.6) is 0 Å². The lowest BCUT2D eigenvalue weighted by Crippen LogP contribution is -2.52. The van der Waals surface area contributed by atoms with Gasteiger partial charge in [-0.05, 0) is 50.3 Å². The Labute approximate surface area is 124 Å². The molecule has 1 aliphatic carbocycles. The van der Waals surface area contributed by atoms with Crippen molar-refractivity contribution in [3.63, 3.8) is 0 Å². The summed E-state index contributed by atoms with van der Waals surface area (Å²) in [4.78, 5) is 14.8. The predicted octanol–water partition coefficient (Wildman–Crippen LogP) is 3.03. The van der Waals surface area contributed by atoms with Gasteiger partial charge in [0.1, 0.15) is 0 Å². The maximum Gasteiger partial charge on any atom is 0.274 e. The van der Waals surface area contributed by atoms with E-state index >= 15 is 0 Å². The van der Waals surface area contributed by atoms with E-state index in [1.165, 1.54) is 6.42 Å². The van der Waals surface area contributed by atoms with Crippen molar-refractivity contribution in [1.29, 1.82) is 0 Å². The molecule has 108 valence electrons. The van der Waals surface area contributed by atoms with Gasteiger partial charge in [0.25, 0.3) is 5.91 Å². The highest BCUT2D eigenvalue weighted by molar-refractivity contribution is 5.93. The van der Waals surface area contributed by atoms with Gasteiger partial charge in [-0.3, -0.25) is 4.79 Å². The minimum Gasteiger partial charge on any atom is -0.332 e. The van der Waals surface area contributed by atoms with Gasteiger partial charge in [0.2, 0.25) is 0 Å². The van der Waals surface area contributed by atoms with Crippen LogP contribution in [0.3, 0.4) is 0 Å². The van der Waals surface area contributed by atoms with Gasteiger partial charge in [-0.1, -0.05) is 18.2 Å². The first-order valence-electron chi connectivity index (χ1n) is 7.72. The maximum atomic E-state index is 12.8. The van der Waals surface area contributed by atoms with Gasteiger partial charge in [0, 0.05) is 18.3 Å². The van der Waals surface area contributed by atoms with E-state index in [2.05, 4.69) is 10.00 Å². The van der Waals surface area contributed by atoms with Gasteiger partial charge in [0.15, 0.2) is 5.69 Å². The molecule has 4 heteroatoms. The number of aromatic nitrogens is 2. The normalized spacial score (nSPS) is 19.7. The number of rotatable bonds is 2. The fraction of sp³-hybridized carbons (Fsp3) is 0.412. The van der Waals surface area contributed by atoms with Gasteiger partial charge < -0.3 is 4.90 Å². The van der Waals surface area contributed by atoms with Crippen LogP contribution in [-0.4, -0.2) is 32.7 Å². The number of nitrogens with zero attached hydrogens (tertiary/aromatic N) is 3. The molecule has 1 saturated carbocycles. The third-order valence-electron chi connectivity index (χ3n) is 4.95. The SMILES string of the molecule is O=C(c1ccn(-c2ccccc2)n1)N1CCCC12CCC2. The van der Waals surface area contributed by atoms with Crippen molar-refractivity contribution in [2.24, 2.45) is 0 Å². The number of para-hydroxylation sites is 1. The van der Waals surface area contributed by atoms with Crippen molar-refractivity contribution in [1.82, 2.24) is 14.7 Å². The molecule has 2 aliphatic rings. The van der Waals surface area contributed by atoms with E-state index in [0.29, 0.717) is 5.69 Å². The summed E-state index contributed by atoms with van der Waals surface area (Å²) in [5.41, 5.74) is 1.71. The zero-order valence-corrected chi connectivity index (χ0v) is 12.0. The molecule has 0 unspecified atom stereocenters. The molecule has 1 saturated heterocycles. The Hall–Kier alpha value is -2.10. The number of hydrogen-bond donors (Lipinski definition) is 0. The quantitative estimate of drug-likeness (QED) is 0.848. The molecule has 4 nitrogen and oxygen atoms in total. The molecule has 1 aromatic heterocycles. The van der Waals surface area contributed by atoms with Crippen molar-refractivity contribution in [3.8, 4) is 5.69 Å². The van der Waals surface area contributed by atoms with Crippen molar-refractivity contribution < 1.29 is 4.79 Å². The van der Waals surface area contributed by atoms with Crippen molar-refractivity contribution in [3.05, 3.63) is 48.3 Å². The molecule has 1 aromatic carbocycles. The molecule has 0 N–H and O–H groups in total. The monoisotopic (exact) mass is 281 g/mol. The van der Waals surface area contributed by atoms with Crippen LogP contribution < -0.4 is 0 Å². The van der Waals surface area contributed by atoms with Crippen molar-refractivity contribution in [2.75, 3.05) is 6.54 Å². The fourth-order valence-electron chi connectivity index (χ4n) is 3.66. The van der Waals surface area contributed by atoms with Crippen LogP contribution >= 0.6 is 0 Å². The molecule has 0 atom stereocenters. The fourth-order valence-corrected chi connectivity index (χ4v) is 3.66. The molecule has 2 heterocycles. The molecule has 1 spiro atoms. The van der Waals surface area contributed by atoms with Crippen LogP contribution in [0.25, 0.3) is 5.69 Å². The van der Waals surface area contributed by atoms with E-state index in [-0.39, 0.29) is 11.4 Å². The second kappa shape index (κ2) is 4.72. The highest BCUT2D eigenvalue weighted by Gasteiger charge is 2.48. The highest BCUT2D eigenvalue weighted by atomic mass is 16.2. The average Bonchev–Trinajstić information content (AvgIpc) is 3.14. The number of carbonyl (C=O) groups is 1. The van der Waals surface area contributed by atoms with E-state index in [9.17, 15) is 4.79 Å². The molecule has 21 heavy (non-hydrogen) atoms. The minimum absolute atomic E-state index is 0.0990. The molecule has 4 rings (SSSR count). The summed E-state index contributed by atoms with van der Waals surface area (Å²) < 4.78 is 1.77. The average molecular weight is 281 g/mol. The Kier molecular flexibility index (Phi) is 2.84. The van der Waals surface area contributed by atoms with Gasteiger partial charge in [-0.15, -0.1) is 0 Å². The summed E-state index contributed by atoms with van der Waals surface area (Å²) in [6.07, 6.45) is 7.74. The molecule has 2 aromatic rings. The molecular weight excluding hydrogens is 262 g/mol. The van der Waals surface area contributed by atoms with E-state index in [0.717, 1.165) is 37.9 Å². The summed E-state index contributed by atoms with van der Waals surface area (Å²) >= 11 is 0. The van der Waals surface area contributed by atoms with E-state index in [1.54, 1.807) is 4.68 Å². The third-order valence-corrected chi connectivity index (χ3v) is 4.95. The third kappa shape index (κ3) is 1.97. The van der Waals surface area contributed by atoms with Crippen LogP contribution in [0.1, 0.15) is 42.6 Å². The number of carbonyl (C=O) groups excluding carboxylic acids is 1. The summed E-state index contributed by atoms with van der Waals surface area (Å²) in [5, 5.41) is 4.47. The van der Waals surface area contributed by atoms with E-state index < -0.39 is 0 Å². The summed E-state index contributed by atoms with van der Waals surface area (Å²) in [5.74, 6) is 0.0990. The lowest BCUT2D eigenvalue weighted by atomic mass is 9.75. The van der Waals surface area contributed by atoms with Crippen LogP contribution in [0.2, 0.25) is 0 Å². The van der Waals surface area contributed by atoms with Gasteiger partial charge in [0.05, 0.1) is 5.69 Å². The summed E-state index contributed by atoms with van der Waals surface area (Å²) in [6, 6.07) is 11.7. The van der Waals surface area contributed by atoms with Crippen LogP contribution in [0, 0.1) is 0 Å². The second-order valence-corrected chi connectivity index (χ2v) is 6.12. The smallest absolute Gasteiger partial charge is 0.274 e. The first kappa shape index (κ1) is 12.6. The van der Waals surface area contributed by atoms with Gasteiger partial charge >= 0.3 is 0 Å². The Morgan fingerprint density at radius 1 is 1.05 bits per heavy atom. The largest absolute Gasteiger partial charge is 0.332 e. The molecular formula is C17H19N3O. The lowest BCUT2D eigenvalue weighted by Gasteiger charge is -2.45. The molecule has 2 fully saturated rings. The maximum absolute atomic E-state index is 12.8. The predicted molar refractivity (Wildman–Crippen MR) is 80.4 cm³/mol. The standard InChI is InChI=1S/C17H19N3O/c21-16(19-12-5-11-17(19)9-4-10-17)15-8-13-20(18-15)14-6-2-1-3-7-14/h1-3,6-8,13H,4-5,9-12H2. The second-order valence-electron chi connectivity index (χ2n) is 6.12. The van der Waals surface area contributed by atoms with Crippen molar-refractivity contribution >= 4 is 5.91 Å².